The number of ether oxygens (including phenoxy) is 3. The molecule has 1 heterocycles. The van der Waals surface area contributed by atoms with Gasteiger partial charge >= 0.3 is 6.03 Å². The molecule has 42 heavy (non-hydrogen) atoms. The van der Waals surface area contributed by atoms with E-state index in [0.717, 1.165) is 11.6 Å². The van der Waals surface area contributed by atoms with Gasteiger partial charge in [0, 0.05) is 24.4 Å². The predicted octanol–water partition coefficient (Wildman–Crippen LogP) is 6.78. The van der Waals surface area contributed by atoms with Crippen LogP contribution in [0.5, 0.6) is 23.0 Å². The van der Waals surface area contributed by atoms with E-state index in [9.17, 15) is 18.4 Å². The average molecular weight is 570 g/mol. The molecule has 0 saturated carbocycles. The molecule has 212 valence electrons. The molecule has 10 heteroatoms. The number of pyridine rings is 1. The van der Waals surface area contributed by atoms with Crippen LogP contribution in [0.2, 0.25) is 0 Å². The van der Waals surface area contributed by atoms with E-state index in [1.54, 1.807) is 24.4 Å². The Kier molecular flexibility index (Phi) is 8.53. The fraction of sp³-hybridized carbons (Fsp3) is 0.0938. The minimum atomic E-state index is -0.912. The minimum Gasteiger partial charge on any atom is -0.496 e. The lowest BCUT2D eigenvalue weighted by molar-refractivity contribution is -0.119. The summed E-state index contributed by atoms with van der Waals surface area (Å²) in [4.78, 5) is 28.8. The third-order valence-electron chi connectivity index (χ3n) is 6.16. The summed E-state index contributed by atoms with van der Waals surface area (Å²) in [6, 6.07) is 23.1. The molecular weight excluding hydrogens is 544 g/mol. The van der Waals surface area contributed by atoms with Crippen LogP contribution < -0.4 is 24.8 Å². The molecule has 0 saturated heterocycles. The van der Waals surface area contributed by atoms with Crippen molar-refractivity contribution in [2.24, 2.45) is 0 Å². The standard InChI is InChI=1S/C32H25F2N3O5/c1-40-29-18-24(41-19-21-5-3-2-4-6-21)17-27-31(29)28(13-14-35-27)42-23-11-12-26(25(34)16-23)36-32(39)37-30(38)15-20-7-9-22(33)10-8-20/h2-14,16-18H,15,19H2,1H3,(H2,36,37,38,39). The topological polar surface area (TPSA) is 98.8 Å². The van der Waals surface area contributed by atoms with Gasteiger partial charge in [0.25, 0.3) is 0 Å². The molecule has 8 nitrogen and oxygen atoms in total. The van der Waals surface area contributed by atoms with Crippen LogP contribution in [-0.2, 0) is 17.8 Å². The zero-order valence-corrected chi connectivity index (χ0v) is 22.4. The molecule has 4 aromatic carbocycles. The van der Waals surface area contributed by atoms with Gasteiger partial charge in [-0.15, -0.1) is 0 Å². The molecule has 0 aliphatic heterocycles. The van der Waals surface area contributed by atoms with Gasteiger partial charge in [0.2, 0.25) is 5.91 Å². The summed E-state index contributed by atoms with van der Waals surface area (Å²) in [6.45, 7) is 0.367. The van der Waals surface area contributed by atoms with Gasteiger partial charge in [-0.25, -0.2) is 13.6 Å². The molecule has 0 aliphatic carbocycles. The van der Waals surface area contributed by atoms with Crippen LogP contribution in [0.1, 0.15) is 11.1 Å². The summed E-state index contributed by atoms with van der Waals surface area (Å²) in [7, 11) is 1.52. The molecule has 0 unspecified atom stereocenters. The summed E-state index contributed by atoms with van der Waals surface area (Å²) in [5.41, 5.74) is 1.92. The number of halogens is 2. The maximum atomic E-state index is 14.9. The van der Waals surface area contributed by atoms with Gasteiger partial charge in [-0.05, 0) is 41.5 Å². The van der Waals surface area contributed by atoms with E-state index in [4.69, 9.17) is 14.2 Å². The number of rotatable bonds is 9. The number of nitrogens with zero attached hydrogens (tertiary/aromatic N) is 1. The van der Waals surface area contributed by atoms with Crippen molar-refractivity contribution in [2.75, 3.05) is 12.4 Å². The Morgan fingerprint density at radius 3 is 2.36 bits per heavy atom. The number of carbonyl (C=O) groups is 2. The van der Waals surface area contributed by atoms with E-state index in [1.165, 1.54) is 43.5 Å². The zero-order chi connectivity index (χ0) is 29.5. The van der Waals surface area contributed by atoms with Gasteiger partial charge in [0.15, 0.2) is 0 Å². The highest BCUT2D eigenvalue weighted by Crippen LogP contribution is 2.39. The lowest BCUT2D eigenvalue weighted by Crippen LogP contribution is -2.35. The van der Waals surface area contributed by atoms with Gasteiger partial charge in [-0.3, -0.25) is 15.1 Å². The Labute approximate surface area is 239 Å². The number of fused-ring (bicyclic) bond motifs is 1. The van der Waals surface area contributed by atoms with E-state index in [0.29, 0.717) is 40.3 Å². The van der Waals surface area contributed by atoms with Crippen molar-refractivity contribution < 1.29 is 32.6 Å². The number of methoxy groups -OCH3 is 1. The van der Waals surface area contributed by atoms with Crippen molar-refractivity contribution in [1.29, 1.82) is 0 Å². The number of imide groups is 1. The molecule has 2 N–H and O–H groups in total. The summed E-state index contributed by atoms with van der Waals surface area (Å²) >= 11 is 0. The highest BCUT2D eigenvalue weighted by atomic mass is 19.1. The first-order chi connectivity index (χ1) is 20.4. The van der Waals surface area contributed by atoms with E-state index in [2.05, 4.69) is 15.6 Å². The lowest BCUT2D eigenvalue weighted by atomic mass is 10.1. The molecule has 0 spiro atoms. The van der Waals surface area contributed by atoms with Crippen molar-refractivity contribution in [3.8, 4) is 23.0 Å². The van der Waals surface area contributed by atoms with Gasteiger partial charge in [-0.1, -0.05) is 42.5 Å². The number of nitrogens with one attached hydrogen (secondary N) is 2. The summed E-state index contributed by atoms with van der Waals surface area (Å²) < 4.78 is 45.4. The highest BCUT2D eigenvalue weighted by Gasteiger charge is 2.16. The first-order valence-electron chi connectivity index (χ1n) is 12.8. The van der Waals surface area contributed by atoms with Crippen molar-refractivity contribution in [3.05, 3.63) is 120 Å². The Bertz CT molecular complexity index is 1730. The number of benzene rings is 4. The first-order valence-corrected chi connectivity index (χ1v) is 12.8. The van der Waals surface area contributed by atoms with Gasteiger partial charge in [0.05, 0.1) is 30.1 Å². The summed E-state index contributed by atoms with van der Waals surface area (Å²) in [5, 5.41) is 4.98. The molecule has 5 aromatic rings. The molecule has 3 amide bonds. The molecule has 0 radical (unpaired) electrons. The van der Waals surface area contributed by atoms with Gasteiger partial charge < -0.3 is 19.5 Å². The molecule has 0 atom stereocenters. The third-order valence-corrected chi connectivity index (χ3v) is 6.16. The Hall–Kier alpha value is -5.51. The van der Waals surface area contributed by atoms with Crippen LogP contribution in [0.25, 0.3) is 10.9 Å². The van der Waals surface area contributed by atoms with Crippen LogP contribution in [-0.4, -0.2) is 24.0 Å². The molecular formula is C32H25F2N3O5. The zero-order valence-electron chi connectivity index (χ0n) is 22.4. The average Bonchev–Trinajstić information content (AvgIpc) is 2.98. The summed E-state index contributed by atoms with van der Waals surface area (Å²) in [6.07, 6.45) is 1.41. The van der Waals surface area contributed by atoms with Crippen LogP contribution in [0.3, 0.4) is 0 Å². The fourth-order valence-corrected chi connectivity index (χ4v) is 4.16. The van der Waals surface area contributed by atoms with Gasteiger partial charge in [-0.2, -0.15) is 0 Å². The smallest absolute Gasteiger partial charge is 0.325 e. The number of carbonyl (C=O) groups excluding carboxylic acids is 2. The van der Waals surface area contributed by atoms with E-state index >= 15 is 0 Å². The molecule has 0 fully saturated rings. The highest BCUT2D eigenvalue weighted by molar-refractivity contribution is 6.01. The largest absolute Gasteiger partial charge is 0.496 e. The van der Waals surface area contributed by atoms with Crippen LogP contribution in [0.4, 0.5) is 19.3 Å². The van der Waals surface area contributed by atoms with Crippen molar-refractivity contribution >= 4 is 28.5 Å². The SMILES string of the molecule is COc1cc(OCc2ccccc2)cc2nccc(Oc3ccc(NC(=O)NC(=O)Cc4ccc(F)cc4)c(F)c3)c12. The monoisotopic (exact) mass is 569 g/mol. The normalized spacial score (nSPS) is 10.6. The van der Waals surface area contributed by atoms with Crippen LogP contribution in [0, 0.1) is 11.6 Å². The maximum Gasteiger partial charge on any atom is 0.325 e. The van der Waals surface area contributed by atoms with Crippen LogP contribution >= 0.6 is 0 Å². The number of hydrogen-bond donors (Lipinski definition) is 2. The number of urea groups is 1. The number of anilines is 1. The second kappa shape index (κ2) is 12.8. The Balaban J connectivity index is 1.26. The van der Waals surface area contributed by atoms with E-state index in [-0.39, 0.29) is 17.9 Å². The second-order valence-corrected chi connectivity index (χ2v) is 9.15. The quantitative estimate of drug-likeness (QED) is 0.203. The molecule has 1 aromatic heterocycles. The molecule has 0 aliphatic rings. The summed E-state index contributed by atoms with van der Waals surface area (Å²) in [5.74, 6) is -0.305. The number of aromatic nitrogens is 1. The Morgan fingerprint density at radius 1 is 0.833 bits per heavy atom. The Morgan fingerprint density at radius 2 is 1.62 bits per heavy atom. The lowest BCUT2D eigenvalue weighted by Gasteiger charge is -2.14. The second-order valence-electron chi connectivity index (χ2n) is 9.15. The van der Waals surface area contributed by atoms with Crippen LogP contribution in [0.15, 0.2) is 97.2 Å². The van der Waals surface area contributed by atoms with Crippen molar-refractivity contribution in [2.45, 2.75) is 13.0 Å². The van der Waals surface area contributed by atoms with E-state index < -0.39 is 23.6 Å². The predicted molar refractivity (Wildman–Crippen MR) is 153 cm³/mol. The van der Waals surface area contributed by atoms with E-state index in [1.807, 2.05) is 30.3 Å². The van der Waals surface area contributed by atoms with Crippen molar-refractivity contribution in [3.63, 3.8) is 0 Å². The maximum absolute atomic E-state index is 14.9. The minimum absolute atomic E-state index is 0.146. The molecule has 0 bridgehead atoms. The number of amides is 3. The van der Waals surface area contributed by atoms with Gasteiger partial charge in [0.1, 0.15) is 41.2 Å². The molecule has 5 rings (SSSR count). The van der Waals surface area contributed by atoms with Crippen molar-refractivity contribution in [1.82, 2.24) is 10.3 Å². The fourth-order valence-electron chi connectivity index (χ4n) is 4.16. The first kappa shape index (κ1) is 28.0. The number of hydrogen-bond acceptors (Lipinski definition) is 6. The third kappa shape index (κ3) is 6.97.